The van der Waals surface area contributed by atoms with Crippen LogP contribution in [0, 0.1) is 27.7 Å². The van der Waals surface area contributed by atoms with Crippen LogP contribution in [0.3, 0.4) is 0 Å². The maximum Gasteiger partial charge on any atom is 0.243 e. The summed E-state index contributed by atoms with van der Waals surface area (Å²) in [6.45, 7) is 8.82. The smallest absolute Gasteiger partial charge is 0.207 e. The first kappa shape index (κ1) is 20.7. The highest BCUT2D eigenvalue weighted by Gasteiger charge is 2.31. The minimum absolute atomic E-state index is 0.223. The maximum atomic E-state index is 13.5. The quantitative estimate of drug-likeness (QED) is 0.659. The number of hydrogen-bond acceptors (Lipinski definition) is 3. The largest absolute Gasteiger partial charge is 0.243 e. The molecule has 2 aromatic rings. The first-order chi connectivity index (χ1) is 12.7. The number of rotatable bonds is 3. The molecule has 0 aliphatic carbocycles. The summed E-state index contributed by atoms with van der Waals surface area (Å²) in [6.07, 6.45) is 0.760. The third kappa shape index (κ3) is 4.07. The number of sulfonamides is 1. The maximum absolute atomic E-state index is 13.5. The molecule has 6 heteroatoms. The van der Waals surface area contributed by atoms with Gasteiger partial charge in [-0.3, -0.25) is 0 Å². The zero-order valence-corrected chi connectivity index (χ0v) is 18.6. The average molecular weight is 424 g/mol. The normalized spacial score (nSPS) is 19.1. The lowest BCUT2D eigenvalue weighted by atomic mass is 10.0. The van der Waals surface area contributed by atoms with Crippen LogP contribution in [0.25, 0.3) is 0 Å². The van der Waals surface area contributed by atoms with Crippen molar-refractivity contribution in [1.29, 1.82) is 0 Å². The molecule has 0 saturated carbocycles. The van der Waals surface area contributed by atoms with Crippen LogP contribution in [0.1, 0.15) is 39.5 Å². The second kappa shape index (κ2) is 8.16. The molecule has 3 nitrogen and oxygen atoms in total. The minimum Gasteiger partial charge on any atom is -0.207 e. The molecule has 1 heterocycles. The Bertz CT molecular complexity index is 931. The van der Waals surface area contributed by atoms with Gasteiger partial charge in [-0.2, -0.15) is 16.1 Å². The molecule has 2 aromatic carbocycles. The Morgan fingerprint density at radius 3 is 2.30 bits per heavy atom. The SMILES string of the molecule is Cc1cc(C)c(C)c(S(=O)(=O)N2CCSC(c3ccccc3Cl)CC2)c1C. The highest BCUT2D eigenvalue weighted by atomic mass is 35.5. The summed E-state index contributed by atoms with van der Waals surface area (Å²) in [5.41, 5.74) is 4.86. The Hall–Kier alpha value is -1.01. The lowest BCUT2D eigenvalue weighted by Gasteiger charge is -2.24. The molecule has 0 radical (unpaired) electrons. The van der Waals surface area contributed by atoms with Gasteiger partial charge in [0.2, 0.25) is 10.0 Å². The predicted molar refractivity (Wildman–Crippen MR) is 115 cm³/mol. The van der Waals surface area contributed by atoms with E-state index in [0.29, 0.717) is 18.0 Å². The van der Waals surface area contributed by atoms with Crippen molar-refractivity contribution in [2.75, 3.05) is 18.8 Å². The van der Waals surface area contributed by atoms with E-state index in [1.165, 1.54) is 0 Å². The van der Waals surface area contributed by atoms with Crippen LogP contribution >= 0.6 is 23.4 Å². The van der Waals surface area contributed by atoms with Gasteiger partial charge in [0.15, 0.2) is 0 Å². The molecule has 0 bridgehead atoms. The molecule has 1 atom stereocenters. The van der Waals surface area contributed by atoms with Crippen LogP contribution < -0.4 is 0 Å². The number of nitrogens with zero attached hydrogens (tertiary/aromatic N) is 1. The first-order valence-electron chi connectivity index (χ1n) is 9.17. The van der Waals surface area contributed by atoms with E-state index in [2.05, 4.69) is 6.07 Å². The van der Waals surface area contributed by atoms with Crippen molar-refractivity contribution in [2.45, 2.75) is 44.3 Å². The van der Waals surface area contributed by atoms with Crippen molar-refractivity contribution in [1.82, 2.24) is 4.31 Å². The second-order valence-electron chi connectivity index (χ2n) is 7.16. The summed E-state index contributed by atoms with van der Waals surface area (Å²) in [6, 6.07) is 9.93. The molecular formula is C21H26ClNO2S2. The fourth-order valence-corrected chi connectivity index (χ4v) is 7.42. The van der Waals surface area contributed by atoms with E-state index in [0.717, 1.165) is 45.0 Å². The molecule has 1 aliphatic rings. The summed E-state index contributed by atoms with van der Waals surface area (Å²) in [5.74, 6) is 0.762. The van der Waals surface area contributed by atoms with Crippen molar-refractivity contribution in [3.05, 3.63) is 63.2 Å². The molecule has 1 aliphatic heterocycles. The van der Waals surface area contributed by atoms with Gasteiger partial charge in [-0.1, -0.05) is 35.9 Å². The number of thioether (sulfide) groups is 1. The molecular weight excluding hydrogens is 398 g/mol. The summed E-state index contributed by atoms with van der Waals surface area (Å²) in [7, 11) is -3.52. The van der Waals surface area contributed by atoms with Crippen molar-refractivity contribution >= 4 is 33.4 Å². The number of hydrogen-bond donors (Lipinski definition) is 0. The van der Waals surface area contributed by atoms with E-state index in [4.69, 9.17) is 11.6 Å². The summed E-state index contributed by atoms with van der Waals surface area (Å²) >= 11 is 8.15. The fourth-order valence-electron chi connectivity index (χ4n) is 3.67. The van der Waals surface area contributed by atoms with Crippen LogP contribution in [-0.2, 0) is 10.0 Å². The molecule has 1 unspecified atom stereocenters. The molecule has 3 rings (SSSR count). The second-order valence-corrected chi connectivity index (χ2v) is 10.8. The van der Waals surface area contributed by atoms with E-state index < -0.39 is 10.0 Å². The van der Waals surface area contributed by atoms with Gasteiger partial charge in [0, 0.05) is 29.1 Å². The van der Waals surface area contributed by atoms with E-state index >= 15 is 0 Å². The van der Waals surface area contributed by atoms with Crippen LogP contribution in [-0.4, -0.2) is 31.6 Å². The van der Waals surface area contributed by atoms with Crippen molar-refractivity contribution in [2.24, 2.45) is 0 Å². The van der Waals surface area contributed by atoms with Gasteiger partial charge in [0.1, 0.15) is 0 Å². The molecule has 1 fully saturated rings. The Morgan fingerprint density at radius 1 is 1.04 bits per heavy atom. The predicted octanol–water partition coefficient (Wildman–Crippen LogP) is 5.44. The molecule has 1 saturated heterocycles. The van der Waals surface area contributed by atoms with E-state index in [1.807, 2.05) is 52.0 Å². The number of halogens is 1. The van der Waals surface area contributed by atoms with E-state index in [9.17, 15) is 8.42 Å². The zero-order chi connectivity index (χ0) is 19.8. The van der Waals surface area contributed by atoms with Gasteiger partial charge >= 0.3 is 0 Å². The zero-order valence-electron chi connectivity index (χ0n) is 16.3. The molecule has 0 aromatic heterocycles. The van der Waals surface area contributed by atoms with Crippen LogP contribution in [0.4, 0.5) is 0 Å². The molecule has 0 spiro atoms. The highest BCUT2D eigenvalue weighted by Crippen LogP contribution is 2.39. The van der Waals surface area contributed by atoms with Gasteiger partial charge in [0.25, 0.3) is 0 Å². The van der Waals surface area contributed by atoms with Gasteiger partial charge in [0.05, 0.1) is 4.90 Å². The molecule has 0 N–H and O–H groups in total. The van der Waals surface area contributed by atoms with Crippen LogP contribution in [0.5, 0.6) is 0 Å². The Kier molecular flexibility index (Phi) is 6.26. The third-order valence-corrected chi connectivity index (χ3v) is 9.28. The average Bonchev–Trinajstić information content (AvgIpc) is 2.87. The van der Waals surface area contributed by atoms with E-state index in [-0.39, 0.29) is 5.25 Å². The summed E-state index contributed by atoms with van der Waals surface area (Å²) < 4.78 is 28.6. The number of aryl methyl sites for hydroxylation is 2. The standard InChI is InChI=1S/C21H26ClNO2S2/c1-14-13-15(2)17(4)21(16(14)3)27(24,25)23-10-9-20(26-12-11-23)18-7-5-6-8-19(18)22/h5-8,13,20H,9-12H2,1-4H3. The molecule has 0 amide bonds. The monoisotopic (exact) mass is 423 g/mol. The van der Waals surface area contributed by atoms with Crippen LogP contribution in [0.15, 0.2) is 35.2 Å². The lowest BCUT2D eigenvalue weighted by Crippen LogP contribution is -2.34. The topological polar surface area (TPSA) is 37.4 Å². The fraction of sp³-hybridized carbons (Fsp3) is 0.429. The first-order valence-corrected chi connectivity index (χ1v) is 12.0. The molecule has 27 heavy (non-hydrogen) atoms. The van der Waals surface area contributed by atoms with Gasteiger partial charge in [-0.05, 0) is 68.0 Å². The van der Waals surface area contributed by atoms with Gasteiger partial charge < -0.3 is 0 Å². The summed E-state index contributed by atoms with van der Waals surface area (Å²) in [5, 5.41) is 0.979. The van der Waals surface area contributed by atoms with Crippen LogP contribution in [0.2, 0.25) is 5.02 Å². The van der Waals surface area contributed by atoms with Gasteiger partial charge in [-0.25, -0.2) is 8.42 Å². The van der Waals surface area contributed by atoms with Crippen molar-refractivity contribution in [3.8, 4) is 0 Å². The minimum atomic E-state index is -3.52. The summed E-state index contributed by atoms with van der Waals surface area (Å²) in [4.78, 5) is 0.487. The molecule has 146 valence electrons. The highest BCUT2D eigenvalue weighted by molar-refractivity contribution is 7.99. The third-order valence-electron chi connectivity index (χ3n) is 5.45. The Labute approximate surface area is 172 Å². The van der Waals surface area contributed by atoms with Crippen molar-refractivity contribution < 1.29 is 8.42 Å². The Morgan fingerprint density at radius 2 is 1.67 bits per heavy atom. The lowest BCUT2D eigenvalue weighted by molar-refractivity contribution is 0.427. The Balaban J connectivity index is 1.91. The van der Waals surface area contributed by atoms with Crippen molar-refractivity contribution in [3.63, 3.8) is 0 Å². The number of benzene rings is 2. The van der Waals surface area contributed by atoms with Gasteiger partial charge in [-0.15, -0.1) is 0 Å². The van der Waals surface area contributed by atoms with E-state index in [1.54, 1.807) is 16.1 Å².